The largest absolute Gasteiger partial charge is 0.339 e. The Kier molecular flexibility index (Phi) is 4.40. The van der Waals surface area contributed by atoms with Gasteiger partial charge in [0.05, 0.1) is 17.7 Å². The van der Waals surface area contributed by atoms with Crippen LogP contribution in [0.4, 0.5) is 17.5 Å². The second-order valence-electron chi connectivity index (χ2n) is 6.23. The molecule has 128 valence electrons. The molecule has 0 spiro atoms. The van der Waals surface area contributed by atoms with Gasteiger partial charge in [-0.3, -0.25) is 0 Å². The number of hydrogen-bond acceptors (Lipinski definition) is 7. The number of aromatic nitrogens is 3. The standard InChI is InChI=1S/C16H21N5O2S/c1-11-4-5-13(8-12(11)2)18-15-9-17-20-16(19-15)21(3)14-6-7-24(22,23)10-14/h4-5,8-9,14H,6-7,10H2,1-3H3,(H,18,19,20). The van der Waals surface area contributed by atoms with Crippen molar-refractivity contribution in [2.75, 3.05) is 28.8 Å². The molecule has 1 aliphatic heterocycles. The summed E-state index contributed by atoms with van der Waals surface area (Å²) >= 11 is 0. The maximum Gasteiger partial charge on any atom is 0.247 e. The van der Waals surface area contributed by atoms with Gasteiger partial charge in [0.25, 0.3) is 0 Å². The van der Waals surface area contributed by atoms with Gasteiger partial charge in [-0.05, 0) is 43.5 Å². The molecular weight excluding hydrogens is 326 g/mol. The molecule has 0 aliphatic carbocycles. The Balaban J connectivity index is 1.77. The SMILES string of the molecule is Cc1ccc(Nc2cnnc(N(C)C3CCS(=O)(=O)C3)n2)cc1C. The highest BCUT2D eigenvalue weighted by Gasteiger charge is 2.31. The molecule has 2 aromatic rings. The molecule has 7 nitrogen and oxygen atoms in total. The Hall–Kier alpha value is -2.22. The van der Waals surface area contributed by atoms with Crippen molar-refractivity contribution >= 4 is 27.3 Å². The number of benzene rings is 1. The zero-order valence-corrected chi connectivity index (χ0v) is 14.8. The van der Waals surface area contributed by atoms with E-state index in [4.69, 9.17) is 0 Å². The highest BCUT2D eigenvalue weighted by molar-refractivity contribution is 7.91. The van der Waals surface area contributed by atoms with Crippen LogP contribution in [-0.4, -0.2) is 48.2 Å². The number of nitrogens with one attached hydrogen (secondary N) is 1. The lowest BCUT2D eigenvalue weighted by atomic mass is 10.1. The summed E-state index contributed by atoms with van der Waals surface area (Å²) in [5, 5.41) is 11.2. The van der Waals surface area contributed by atoms with E-state index in [1.54, 1.807) is 11.1 Å². The Bertz CT molecular complexity index is 853. The lowest BCUT2D eigenvalue weighted by Gasteiger charge is -2.22. The van der Waals surface area contributed by atoms with E-state index in [0.717, 1.165) is 5.69 Å². The van der Waals surface area contributed by atoms with Crippen molar-refractivity contribution in [2.24, 2.45) is 0 Å². The minimum atomic E-state index is -2.95. The number of nitrogens with zero attached hydrogens (tertiary/aromatic N) is 4. The third kappa shape index (κ3) is 3.64. The molecule has 24 heavy (non-hydrogen) atoms. The molecule has 1 N–H and O–H groups in total. The molecule has 1 aromatic heterocycles. The summed E-state index contributed by atoms with van der Waals surface area (Å²) in [5.74, 6) is 1.36. The first-order valence-electron chi connectivity index (χ1n) is 7.81. The third-order valence-corrected chi connectivity index (χ3v) is 6.15. The van der Waals surface area contributed by atoms with Crippen LogP contribution in [0.15, 0.2) is 24.4 Å². The molecule has 1 atom stereocenters. The maximum atomic E-state index is 11.6. The first kappa shape index (κ1) is 16.6. The normalized spacial score (nSPS) is 19.2. The molecule has 1 fully saturated rings. The van der Waals surface area contributed by atoms with Crippen LogP contribution in [0.25, 0.3) is 0 Å². The number of rotatable bonds is 4. The van der Waals surface area contributed by atoms with E-state index in [-0.39, 0.29) is 17.5 Å². The molecule has 1 unspecified atom stereocenters. The van der Waals surface area contributed by atoms with Gasteiger partial charge in [-0.2, -0.15) is 10.1 Å². The molecule has 2 heterocycles. The minimum absolute atomic E-state index is 0.103. The lowest BCUT2D eigenvalue weighted by molar-refractivity contribution is 0.600. The van der Waals surface area contributed by atoms with Crippen LogP contribution in [0.3, 0.4) is 0 Å². The van der Waals surface area contributed by atoms with Crippen LogP contribution in [0.5, 0.6) is 0 Å². The summed E-state index contributed by atoms with van der Waals surface area (Å²) in [7, 11) is -1.14. The average molecular weight is 347 g/mol. The van der Waals surface area contributed by atoms with E-state index in [1.807, 2.05) is 25.2 Å². The van der Waals surface area contributed by atoms with Crippen molar-refractivity contribution < 1.29 is 8.42 Å². The predicted molar refractivity (Wildman–Crippen MR) is 94.5 cm³/mol. The van der Waals surface area contributed by atoms with Gasteiger partial charge >= 0.3 is 0 Å². The van der Waals surface area contributed by atoms with Crippen molar-refractivity contribution in [1.29, 1.82) is 0 Å². The molecule has 1 saturated heterocycles. The zero-order valence-electron chi connectivity index (χ0n) is 14.0. The molecule has 3 rings (SSSR count). The Morgan fingerprint density at radius 2 is 2.04 bits per heavy atom. The summed E-state index contributed by atoms with van der Waals surface area (Å²) in [6, 6.07) is 5.97. The van der Waals surface area contributed by atoms with Gasteiger partial charge in [0.1, 0.15) is 0 Å². The van der Waals surface area contributed by atoms with Gasteiger partial charge in [-0.15, -0.1) is 5.10 Å². The maximum absolute atomic E-state index is 11.6. The number of anilines is 3. The summed E-state index contributed by atoms with van der Waals surface area (Å²) in [4.78, 5) is 6.25. The summed E-state index contributed by atoms with van der Waals surface area (Å²) in [5.41, 5.74) is 3.34. The van der Waals surface area contributed by atoms with Gasteiger partial charge in [-0.1, -0.05) is 6.07 Å². The number of aryl methyl sites for hydroxylation is 2. The fourth-order valence-electron chi connectivity index (χ4n) is 2.71. The van der Waals surface area contributed by atoms with Crippen LogP contribution >= 0.6 is 0 Å². The smallest absolute Gasteiger partial charge is 0.247 e. The number of hydrogen-bond donors (Lipinski definition) is 1. The lowest BCUT2D eigenvalue weighted by Crippen LogP contribution is -2.34. The third-order valence-electron chi connectivity index (χ3n) is 4.40. The monoisotopic (exact) mass is 347 g/mol. The van der Waals surface area contributed by atoms with Crippen molar-refractivity contribution in [3.8, 4) is 0 Å². The predicted octanol–water partition coefficient (Wildman–Crippen LogP) is 1.86. The molecule has 0 radical (unpaired) electrons. The molecule has 0 bridgehead atoms. The van der Waals surface area contributed by atoms with Crippen molar-refractivity contribution in [3.05, 3.63) is 35.5 Å². The zero-order chi connectivity index (χ0) is 17.3. The van der Waals surface area contributed by atoms with E-state index >= 15 is 0 Å². The second-order valence-corrected chi connectivity index (χ2v) is 8.46. The van der Waals surface area contributed by atoms with Gasteiger partial charge in [-0.25, -0.2) is 8.42 Å². The van der Waals surface area contributed by atoms with Gasteiger partial charge < -0.3 is 10.2 Å². The molecule has 0 amide bonds. The fourth-order valence-corrected chi connectivity index (χ4v) is 4.49. The molecule has 8 heteroatoms. The quantitative estimate of drug-likeness (QED) is 0.903. The van der Waals surface area contributed by atoms with Gasteiger partial charge in [0, 0.05) is 18.8 Å². The molecule has 0 saturated carbocycles. The van der Waals surface area contributed by atoms with Crippen LogP contribution < -0.4 is 10.2 Å². The Morgan fingerprint density at radius 1 is 1.25 bits per heavy atom. The minimum Gasteiger partial charge on any atom is -0.339 e. The highest BCUT2D eigenvalue weighted by Crippen LogP contribution is 2.22. The molecule has 1 aliphatic rings. The van der Waals surface area contributed by atoms with Gasteiger partial charge in [0.2, 0.25) is 5.95 Å². The van der Waals surface area contributed by atoms with E-state index in [2.05, 4.69) is 34.3 Å². The van der Waals surface area contributed by atoms with Crippen LogP contribution in [-0.2, 0) is 9.84 Å². The number of sulfone groups is 1. The van der Waals surface area contributed by atoms with E-state index in [0.29, 0.717) is 18.2 Å². The molecular formula is C16H21N5O2S. The summed E-state index contributed by atoms with van der Waals surface area (Å²) < 4.78 is 23.3. The average Bonchev–Trinajstić information content (AvgIpc) is 2.90. The first-order valence-corrected chi connectivity index (χ1v) is 9.63. The van der Waals surface area contributed by atoms with Crippen molar-refractivity contribution in [2.45, 2.75) is 26.3 Å². The molecule has 1 aromatic carbocycles. The van der Waals surface area contributed by atoms with E-state index < -0.39 is 9.84 Å². The topological polar surface area (TPSA) is 88.1 Å². The highest BCUT2D eigenvalue weighted by atomic mass is 32.2. The second kappa shape index (κ2) is 6.35. The van der Waals surface area contributed by atoms with E-state index in [1.165, 1.54) is 11.1 Å². The van der Waals surface area contributed by atoms with Crippen LogP contribution in [0.2, 0.25) is 0 Å². The van der Waals surface area contributed by atoms with Crippen molar-refractivity contribution in [1.82, 2.24) is 15.2 Å². The van der Waals surface area contributed by atoms with E-state index in [9.17, 15) is 8.42 Å². The first-order chi connectivity index (χ1) is 11.3. The van der Waals surface area contributed by atoms with Crippen molar-refractivity contribution in [3.63, 3.8) is 0 Å². The Morgan fingerprint density at radius 3 is 2.71 bits per heavy atom. The summed E-state index contributed by atoms with van der Waals surface area (Å²) in [6.45, 7) is 4.12. The summed E-state index contributed by atoms with van der Waals surface area (Å²) in [6.07, 6.45) is 2.15. The Labute approximate surface area is 142 Å². The van der Waals surface area contributed by atoms with Gasteiger partial charge in [0.15, 0.2) is 15.7 Å². The van der Waals surface area contributed by atoms with Crippen LogP contribution in [0, 0.1) is 13.8 Å². The van der Waals surface area contributed by atoms with Crippen LogP contribution in [0.1, 0.15) is 17.5 Å². The fraction of sp³-hybridized carbons (Fsp3) is 0.438.